The average molecular weight is 691 g/mol. The highest BCUT2D eigenvalue weighted by Crippen LogP contribution is 2.46. The molecule has 2 heteroatoms. The highest BCUT2D eigenvalue weighted by molar-refractivity contribution is 6.19. The Bertz CT molecular complexity index is 3120. The topological polar surface area (TPSA) is 9.86 Å². The fourth-order valence-electron chi connectivity index (χ4n) is 9.46. The molecule has 54 heavy (non-hydrogen) atoms. The van der Waals surface area contributed by atoms with Gasteiger partial charge in [0.2, 0.25) is 0 Å². The van der Waals surface area contributed by atoms with Crippen LogP contribution in [0.1, 0.15) is 29.2 Å². The minimum atomic E-state index is 0.938. The first-order valence-electron chi connectivity index (χ1n) is 19.1. The monoisotopic (exact) mass is 690 g/mol. The van der Waals surface area contributed by atoms with Crippen molar-refractivity contribution >= 4 is 43.6 Å². The molecule has 0 saturated carbocycles. The molecule has 1 aliphatic rings. The maximum Gasteiger partial charge on any atom is 0.0562 e. The minimum absolute atomic E-state index is 0.938. The number of benzene rings is 8. The van der Waals surface area contributed by atoms with Gasteiger partial charge in [0.15, 0.2) is 0 Å². The Balaban J connectivity index is 1.16. The van der Waals surface area contributed by atoms with Gasteiger partial charge in [-0.25, -0.2) is 0 Å². The van der Waals surface area contributed by atoms with Crippen molar-refractivity contribution in [3.63, 3.8) is 0 Å². The number of para-hydroxylation sites is 3. The second-order valence-corrected chi connectivity index (χ2v) is 14.8. The summed E-state index contributed by atoms with van der Waals surface area (Å²) in [5.74, 6) is 0. The lowest BCUT2D eigenvalue weighted by Crippen LogP contribution is -2.01. The molecule has 8 aromatic carbocycles. The van der Waals surface area contributed by atoms with Gasteiger partial charge >= 0.3 is 0 Å². The SMILES string of the molecule is CCc1cc(-c2cccc3c2-c2ccccc2C3)ccc1-c1c(C)cccc1-n1c2ccccc2c2cc3c4ccccc4n(-c4ccccc4)c3cc21. The zero-order chi connectivity index (χ0) is 35.9. The van der Waals surface area contributed by atoms with Gasteiger partial charge in [-0.3, -0.25) is 0 Å². The van der Waals surface area contributed by atoms with E-state index in [9.17, 15) is 0 Å². The summed E-state index contributed by atoms with van der Waals surface area (Å²) in [6.45, 7) is 4.57. The Morgan fingerprint density at radius 3 is 1.89 bits per heavy atom. The summed E-state index contributed by atoms with van der Waals surface area (Å²) in [4.78, 5) is 0. The first kappa shape index (κ1) is 30.9. The number of rotatable bonds is 5. The van der Waals surface area contributed by atoms with Gasteiger partial charge in [0.1, 0.15) is 0 Å². The van der Waals surface area contributed by atoms with Crippen LogP contribution in [0.15, 0.2) is 170 Å². The third kappa shape index (κ3) is 4.47. The van der Waals surface area contributed by atoms with Crippen molar-refractivity contribution in [3.05, 3.63) is 192 Å². The molecule has 11 rings (SSSR count). The smallest absolute Gasteiger partial charge is 0.0562 e. The molecule has 0 N–H and O–H groups in total. The molecule has 10 aromatic rings. The first-order valence-corrected chi connectivity index (χ1v) is 19.1. The van der Waals surface area contributed by atoms with E-state index >= 15 is 0 Å². The molecule has 1 aliphatic carbocycles. The summed E-state index contributed by atoms with van der Waals surface area (Å²) in [7, 11) is 0. The lowest BCUT2D eigenvalue weighted by molar-refractivity contribution is 1.13. The van der Waals surface area contributed by atoms with Crippen LogP contribution in [0.25, 0.3) is 88.4 Å². The van der Waals surface area contributed by atoms with Crippen LogP contribution in [-0.2, 0) is 12.8 Å². The fraction of sp³-hybridized carbons (Fsp3) is 0.0769. The van der Waals surface area contributed by atoms with Crippen molar-refractivity contribution in [2.45, 2.75) is 26.7 Å². The van der Waals surface area contributed by atoms with Crippen molar-refractivity contribution in [1.82, 2.24) is 9.13 Å². The molecule has 0 radical (unpaired) electrons. The normalized spacial score (nSPS) is 12.3. The standard InChI is InChI=1S/C52H38N2/c1-3-34-29-36(40-23-14-17-37-30-35-16-7-8-20-39(35)52(37)40)27-28-41(34)51-33(2)15-13-26-48(51)54-47-25-12-10-22-43(47)45-31-44-42-21-9-11-24-46(42)53(49(44)32-50(45)54)38-18-5-4-6-19-38/h4-29,31-32H,3,30H2,1-2H3. The molecule has 2 aromatic heterocycles. The van der Waals surface area contributed by atoms with Crippen LogP contribution >= 0.6 is 0 Å². The Morgan fingerprint density at radius 2 is 1.09 bits per heavy atom. The van der Waals surface area contributed by atoms with Gasteiger partial charge in [-0.2, -0.15) is 0 Å². The molecule has 0 saturated heterocycles. The number of hydrogen-bond donors (Lipinski definition) is 0. The van der Waals surface area contributed by atoms with Crippen molar-refractivity contribution in [1.29, 1.82) is 0 Å². The highest BCUT2D eigenvalue weighted by Gasteiger charge is 2.24. The summed E-state index contributed by atoms with van der Waals surface area (Å²) in [5, 5.41) is 5.08. The molecule has 0 aliphatic heterocycles. The summed E-state index contributed by atoms with van der Waals surface area (Å²) in [6.07, 6.45) is 1.94. The Labute approximate surface area is 315 Å². The van der Waals surface area contributed by atoms with Crippen molar-refractivity contribution in [3.8, 4) is 44.8 Å². The number of hydrogen-bond acceptors (Lipinski definition) is 0. The maximum absolute atomic E-state index is 2.52. The van der Waals surface area contributed by atoms with E-state index in [0.717, 1.165) is 12.8 Å². The lowest BCUT2D eigenvalue weighted by Gasteiger charge is -2.20. The first-order chi connectivity index (χ1) is 26.7. The van der Waals surface area contributed by atoms with Gasteiger partial charge in [-0.15, -0.1) is 0 Å². The Morgan fingerprint density at radius 1 is 0.444 bits per heavy atom. The van der Waals surface area contributed by atoms with E-state index in [4.69, 9.17) is 0 Å². The van der Waals surface area contributed by atoms with Gasteiger partial charge in [0, 0.05) is 32.8 Å². The van der Waals surface area contributed by atoms with Crippen LogP contribution in [0, 0.1) is 6.92 Å². The number of nitrogens with zero attached hydrogens (tertiary/aromatic N) is 2. The molecule has 2 heterocycles. The highest BCUT2D eigenvalue weighted by atomic mass is 15.0. The van der Waals surface area contributed by atoms with E-state index in [1.54, 1.807) is 0 Å². The second kappa shape index (κ2) is 11.9. The van der Waals surface area contributed by atoms with E-state index in [1.807, 2.05) is 0 Å². The van der Waals surface area contributed by atoms with Crippen LogP contribution in [-0.4, -0.2) is 9.13 Å². The molecule has 0 bridgehead atoms. The number of aromatic nitrogens is 2. The Kier molecular flexibility index (Phi) is 6.84. The van der Waals surface area contributed by atoms with Crippen LogP contribution in [0.3, 0.4) is 0 Å². The molecule has 0 fully saturated rings. The van der Waals surface area contributed by atoms with E-state index in [1.165, 1.54) is 111 Å². The minimum Gasteiger partial charge on any atom is -0.309 e. The summed E-state index contributed by atoms with van der Waals surface area (Å²) >= 11 is 0. The third-order valence-corrected chi connectivity index (χ3v) is 11.9. The average Bonchev–Trinajstić information content (AvgIpc) is 3.87. The van der Waals surface area contributed by atoms with E-state index in [-0.39, 0.29) is 0 Å². The fourth-order valence-corrected chi connectivity index (χ4v) is 9.46. The summed E-state index contributed by atoms with van der Waals surface area (Å²) in [6, 6.07) is 63.1. The third-order valence-electron chi connectivity index (χ3n) is 11.9. The van der Waals surface area contributed by atoms with Gasteiger partial charge in [-0.05, 0) is 112 Å². The van der Waals surface area contributed by atoms with Crippen molar-refractivity contribution < 1.29 is 0 Å². The lowest BCUT2D eigenvalue weighted by atomic mass is 9.88. The molecule has 0 amide bonds. The van der Waals surface area contributed by atoms with E-state index in [0.29, 0.717) is 0 Å². The summed E-state index contributed by atoms with van der Waals surface area (Å²) < 4.78 is 4.95. The molecule has 0 spiro atoms. The largest absolute Gasteiger partial charge is 0.309 e. The predicted octanol–water partition coefficient (Wildman–Crippen LogP) is 13.7. The van der Waals surface area contributed by atoms with Crippen LogP contribution in [0.2, 0.25) is 0 Å². The number of aryl methyl sites for hydroxylation is 2. The van der Waals surface area contributed by atoms with Gasteiger partial charge < -0.3 is 9.13 Å². The van der Waals surface area contributed by atoms with Crippen LogP contribution < -0.4 is 0 Å². The van der Waals surface area contributed by atoms with Crippen molar-refractivity contribution in [2.24, 2.45) is 0 Å². The zero-order valence-corrected chi connectivity index (χ0v) is 30.5. The molecule has 0 unspecified atom stereocenters. The van der Waals surface area contributed by atoms with Gasteiger partial charge in [-0.1, -0.05) is 134 Å². The van der Waals surface area contributed by atoms with E-state index < -0.39 is 0 Å². The van der Waals surface area contributed by atoms with Crippen molar-refractivity contribution in [2.75, 3.05) is 0 Å². The zero-order valence-electron chi connectivity index (χ0n) is 30.5. The van der Waals surface area contributed by atoms with Crippen LogP contribution in [0.4, 0.5) is 0 Å². The van der Waals surface area contributed by atoms with Crippen LogP contribution in [0.5, 0.6) is 0 Å². The molecular weight excluding hydrogens is 653 g/mol. The van der Waals surface area contributed by atoms with Gasteiger partial charge in [0.25, 0.3) is 0 Å². The Hall–Kier alpha value is -6.64. The molecule has 0 atom stereocenters. The number of fused-ring (bicyclic) bond motifs is 9. The molecule has 256 valence electrons. The molecule has 2 nitrogen and oxygen atoms in total. The molecular formula is C52H38N2. The van der Waals surface area contributed by atoms with Gasteiger partial charge in [0.05, 0.1) is 27.8 Å². The predicted molar refractivity (Wildman–Crippen MR) is 228 cm³/mol. The quantitative estimate of drug-likeness (QED) is 0.170. The maximum atomic E-state index is 2.52. The van der Waals surface area contributed by atoms with E-state index in [2.05, 4.69) is 193 Å². The second-order valence-electron chi connectivity index (χ2n) is 14.8. The summed E-state index contributed by atoms with van der Waals surface area (Å²) in [5.41, 5.74) is 20.7.